The third-order valence-electron chi connectivity index (χ3n) is 6.41. The smallest absolute Gasteiger partial charge is 0.328 e. The number of nitrogens with one attached hydrogen (secondary N) is 3. The highest BCUT2D eigenvalue weighted by molar-refractivity contribution is 7.91. The zero-order valence-electron chi connectivity index (χ0n) is 23.3. The van der Waals surface area contributed by atoms with Crippen molar-refractivity contribution in [1.82, 2.24) is 5.32 Å². The number of methoxy groups -OCH3 is 1. The largest absolute Gasteiger partial charge is 0.467 e. The zero-order chi connectivity index (χ0) is 32.7. The van der Waals surface area contributed by atoms with Gasteiger partial charge < -0.3 is 20.7 Å². The first kappa shape index (κ1) is 32.9. The maximum absolute atomic E-state index is 12.9. The number of benzene rings is 4. The quantitative estimate of drug-likeness (QED) is 0.106. The number of nitro benzene ring substituents is 1. The Hall–Kier alpha value is -4.98. The molecule has 0 fully saturated rings. The van der Waals surface area contributed by atoms with Crippen LogP contribution in [0.4, 0.5) is 21.9 Å². The van der Waals surface area contributed by atoms with E-state index in [-0.39, 0.29) is 43.2 Å². The van der Waals surface area contributed by atoms with Crippen molar-refractivity contribution in [3.05, 3.63) is 122 Å². The molecule has 0 aromatic heterocycles. The van der Waals surface area contributed by atoms with Gasteiger partial charge in [-0.1, -0.05) is 41.4 Å². The van der Waals surface area contributed by atoms with Crippen LogP contribution < -0.4 is 16.0 Å². The molecule has 4 rings (SSSR count). The van der Waals surface area contributed by atoms with E-state index in [1.807, 2.05) is 0 Å². The summed E-state index contributed by atoms with van der Waals surface area (Å²) in [6.45, 7) is 0. The van der Waals surface area contributed by atoms with Crippen LogP contribution in [0.5, 0.6) is 0 Å². The van der Waals surface area contributed by atoms with Crippen molar-refractivity contribution < 1.29 is 32.5 Å². The number of amides is 3. The fourth-order valence-electron chi connectivity index (χ4n) is 4.13. The molecule has 1 unspecified atom stereocenters. The molecule has 1 atom stereocenters. The summed E-state index contributed by atoms with van der Waals surface area (Å²) in [7, 11) is -2.79. The molecule has 0 saturated carbocycles. The predicted octanol–water partition coefficient (Wildman–Crippen LogP) is 5.89. The van der Waals surface area contributed by atoms with Gasteiger partial charge in [-0.3, -0.25) is 14.9 Å². The number of ether oxygens (including phenoxy) is 1. The molecule has 0 aliphatic heterocycles. The first-order valence-electron chi connectivity index (χ1n) is 13.0. The number of hydrogen-bond acceptors (Lipinski definition) is 8. The molecule has 3 amide bonds. The van der Waals surface area contributed by atoms with Crippen LogP contribution in [-0.4, -0.2) is 44.4 Å². The summed E-state index contributed by atoms with van der Waals surface area (Å²) in [6.07, 6.45) is 0.0527. The maximum atomic E-state index is 12.9. The lowest BCUT2D eigenvalue weighted by atomic mass is 10.1. The molecule has 0 radical (unpaired) electrons. The number of rotatable bonds is 10. The summed E-state index contributed by atoms with van der Waals surface area (Å²) in [5, 5.41) is 19.0. The van der Waals surface area contributed by atoms with Crippen LogP contribution in [0.3, 0.4) is 0 Å². The molecule has 3 N–H and O–H groups in total. The topological polar surface area (TPSA) is 174 Å². The lowest BCUT2D eigenvalue weighted by Gasteiger charge is -2.17. The molecule has 15 heteroatoms. The average Bonchev–Trinajstić information content (AvgIpc) is 3.01. The van der Waals surface area contributed by atoms with Gasteiger partial charge in [-0.15, -0.1) is 0 Å². The number of nitrogens with zero attached hydrogens (tertiary/aromatic N) is 1. The summed E-state index contributed by atoms with van der Waals surface area (Å²) in [5.41, 5.74) is 1.20. The molecular weight excluding hydrogens is 647 g/mol. The average molecular weight is 672 g/mol. The van der Waals surface area contributed by atoms with Crippen LogP contribution in [0.25, 0.3) is 0 Å². The Balaban J connectivity index is 1.38. The third kappa shape index (κ3) is 8.15. The van der Waals surface area contributed by atoms with Gasteiger partial charge in [0, 0.05) is 29.9 Å². The van der Waals surface area contributed by atoms with E-state index in [9.17, 15) is 32.9 Å². The van der Waals surface area contributed by atoms with Crippen LogP contribution in [0.15, 0.2) is 101 Å². The van der Waals surface area contributed by atoms with Crippen molar-refractivity contribution in [2.75, 3.05) is 17.7 Å². The molecule has 232 valence electrons. The summed E-state index contributed by atoms with van der Waals surface area (Å²) >= 11 is 12.2. The Morgan fingerprint density at radius 3 is 1.87 bits per heavy atom. The minimum absolute atomic E-state index is 0.0527. The number of sulfone groups is 1. The van der Waals surface area contributed by atoms with E-state index in [0.29, 0.717) is 11.3 Å². The van der Waals surface area contributed by atoms with E-state index in [2.05, 4.69) is 16.0 Å². The number of esters is 1. The van der Waals surface area contributed by atoms with Gasteiger partial charge >= 0.3 is 12.0 Å². The van der Waals surface area contributed by atoms with Crippen molar-refractivity contribution in [2.45, 2.75) is 22.3 Å². The van der Waals surface area contributed by atoms with E-state index in [1.54, 1.807) is 42.5 Å². The normalized spacial score (nSPS) is 11.6. The molecule has 45 heavy (non-hydrogen) atoms. The van der Waals surface area contributed by atoms with Crippen LogP contribution in [0.2, 0.25) is 10.0 Å². The van der Waals surface area contributed by atoms with Crippen LogP contribution >= 0.6 is 23.2 Å². The van der Waals surface area contributed by atoms with E-state index in [4.69, 9.17) is 27.9 Å². The van der Waals surface area contributed by atoms with Crippen molar-refractivity contribution in [3.8, 4) is 0 Å². The number of non-ortho nitro benzene ring substituents is 1. The van der Waals surface area contributed by atoms with Gasteiger partial charge in [0.2, 0.25) is 9.84 Å². The van der Waals surface area contributed by atoms with E-state index in [1.165, 1.54) is 31.4 Å². The van der Waals surface area contributed by atoms with Crippen molar-refractivity contribution >= 4 is 68.0 Å². The second kappa shape index (κ2) is 14.2. The van der Waals surface area contributed by atoms with Crippen LogP contribution in [-0.2, 0) is 25.8 Å². The molecule has 0 saturated heterocycles. The third-order valence-corrected chi connectivity index (χ3v) is 8.83. The van der Waals surface area contributed by atoms with Gasteiger partial charge in [0.25, 0.3) is 11.6 Å². The van der Waals surface area contributed by atoms with Crippen molar-refractivity contribution in [2.24, 2.45) is 0 Å². The highest BCUT2D eigenvalue weighted by Gasteiger charge is 2.23. The van der Waals surface area contributed by atoms with Gasteiger partial charge in [-0.05, 0) is 66.2 Å². The Morgan fingerprint density at radius 1 is 0.822 bits per heavy atom. The molecule has 0 spiro atoms. The van der Waals surface area contributed by atoms with Crippen LogP contribution in [0, 0.1) is 10.1 Å². The number of anilines is 2. The Bertz CT molecular complexity index is 1830. The minimum Gasteiger partial charge on any atom is -0.467 e. The first-order chi connectivity index (χ1) is 21.4. The molecular formula is C30H24Cl2N4O8S. The number of carbonyl (C=O) groups is 3. The van der Waals surface area contributed by atoms with Gasteiger partial charge in [0.1, 0.15) is 6.04 Å². The second-order valence-electron chi connectivity index (χ2n) is 9.40. The number of halogens is 2. The standard InChI is InChI=1S/C30H24Cl2N4O8S/c1-44-29(38)26(17-18-5-7-19(8-6-18)33-28(37)27-24(31)3-2-4-25(27)32)35-30(39)34-20-9-13-22(14-10-20)45(42,43)23-15-11-21(12-16-23)36(40)41/h2-16,26H,17H2,1H3,(H,33,37)(H2,34,35,39). The fourth-order valence-corrected chi connectivity index (χ4v) is 5.96. The Morgan fingerprint density at radius 2 is 1.33 bits per heavy atom. The second-order valence-corrected chi connectivity index (χ2v) is 12.2. The summed E-state index contributed by atoms with van der Waals surface area (Å²) in [6, 6.07) is 19.1. The number of nitro groups is 1. The van der Waals surface area contributed by atoms with E-state index in [0.717, 1.165) is 24.3 Å². The van der Waals surface area contributed by atoms with Gasteiger partial charge in [0.05, 0.1) is 37.4 Å². The molecule has 0 bridgehead atoms. The Kier molecular flexibility index (Phi) is 10.4. The van der Waals surface area contributed by atoms with Crippen LogP contribution in [0.1, 0.15) is 15.9 Å². The van der Waals surface area contributed by atoms with E-state index >= 15 is 0 Å². The number of urea groups is 1. The summed E-state index contributed by atoms with van der Waals surface area (Å²) < 4.78 is 30.6. The lowest BCUT2D eigenvalue weighted by Crippen LogP contribution is -2.45. The van der Waals surface area contributed by atoms with Gasteiger partial charge in [-0.2, -0.15) is 0 Å². The molecule has 0 aliphatic rings. The molecule has 0 aliphatic carbocycles. The zero-order valence-corrected chi connectivity index (χ0v) is 25.7. The van der Waals surface area contributed by atoms with Crippen molar-refractivity contribution in [3.63, 3.8) is 0 Å². The molecule has 12 nitrogen and oxygen atoms in total. The monoisotopic (exact) mass is 670 g/mol. The summed E-state index contributed by atoms with van der Waals surface area (Å²) in [4.78, 5) is 47.8. The molecule has 4 aromatic carbocycles. The number of hydrogen-bond donors (Lipinski definition) is 3. The number of carbonyl (C=O) groups excluding carboxylic acids is 3. The summed E-state index contributed by atoms with van der Waals surface area (Å²) in [5.74, 6) is -1.21. The van der Waals surface area contributed by atoms with Gasteiger partial charge in [0.15, 0.2) is 0 Å². The Labute approximate surface area is 267 Å². The molecule has 0 heterocycles. The maximum Gasteiger partial charge on any atom is 0.328 e. The SMILES string of the molecule is COC(=O)C(Cc1ccc(NC(=O)c2c(Cl)cccc2Cl)cc1)NC(=O)Nc1ccc(S(=O)(=O)c2ccc([N+](=O)[O-])cc2)cc1. The first-order valence-corrected chi connectivity index (χ1v) is 15.2. The highest BCUT2D eigenvalue weighted by Crippen LogP contribution is 2.26. The predicted molar refractivity (Wildman–Crippen MR) is 168 cm³/mol. The van der Waals surface area contributed by atoms with Crippen molar-refractivity contribution in [1.29, 1.82) is 0 Å². The minimum atomic E-state index is -3.97. The van der Waals surface area contributed by atoms with E-state index < -0.39 is 38.7 Å². The van der Waals surface area contributed by atoms with Gasteiger partial charge in [-0.25, -0.2) is 18.0 Å². The molecule has 4 aromatic rings. The fraction of sp³-hybridized carbons (Fsp3) is 0.100. The highest BCUT2D eigenvalue weighted by atomic mass is 35.5. The lowest BCUT2D eigenvalue weighted by molar-refractivity contribution is -0.384.